The van der Waals surface area contributed by atoms with Gasteiger partial charge in [-0.1, -0.05) is 28.1 Å². The molecule has 0 spiro atoms. The van der Waals surface area contributed by atoms with Gasteiger partial charge < -0.3 is 0 Å². The summed E-state index contributed by atoms with van der Waals surface area (Å²) in [5.74, 6) is -3.07. The summed E-state index contributed by atoms with van der Waals surface area (Å²) in [7, 11) is 0. The van der Waals surface area contributed by atoms with Gasteiger partial charge in [0.1, 0.15) is 5.92 Å². The van der Waals surface area contributed by atoms with Gasteiger partial charge in [-0.25, -0.2) is 13.6 Å². The molecule has 1 aliphatic heterocycles. The second-order valence-corrected chi connectivity index (χ2v) is 5.04. The van der Waals surface area contributed by atoms with Gasteiger partial charge in [0.25, 0.3) is 6.43 Å². The number of hydrogen-bond acceptors (Lipinski definition) is 3. The van der Waals surface area contributed by atoms with Gasteiger partial charge in [-0.3, -0.25) is 19.8 Å². The van der Waals surface area contributed by atoms with Crippen LogP contribution in [-0.4, -0.2) is 35.7 Å². The van der Waals surface area contributed by atoms with E-state index in [9.17, 15) is 23.2 Å². The van der Waals surface area contributed by atoms with Crippen LogP contribution in [0, 0.1) is 0 Å². The van der Waals surface area contributed by atoms with E-state index in [0.717, 1.165) is 0 Å². The SMILES string of the molecule is O=C1NC(=O)N(CC(F)F)C(=O)C1c1cccc(Br)c1. The maximum absolute atomic E-state index is 12.4. The highest BCUT2D eigenvalue weighted by Gasteiger charge is 2.42. The van der Waals surface area contributed by atoms with Crippen LogP contribution in [0.5, 0.6) is 0 Å². The predicted octanol–water partition coefficient (Wildman–Crippen LogP) is 1.88. The molecule has 1 aliphatic rings. The van der Waals surface area contributed by atoms with Crippen molar-refractivity contribution < 1.29 is 23.2 Å². The number of rotatable bonds is 3. The van der Waals surface area contributed by atoms with Crippen LogP contribution in [0.2, 0.25) is 0 Å². The number of carbonyl (C=O) groups is 3. The Labute approximate surface area is 121 Å². The molecular weight excluding hydrogens is 338 g/mol. The first-order valence-corrected chi connectivity index (χ1v) is 6.39. The van der Waals surface area contributed by atoms with E-state index in [1.807, 2.05) is 5.32 Å². The fourth-order valence-corrected chi connectivity index (χ4v) is 2.32. The van der Waals surface area contributed by atoms with Crippen LogP contribution in [0.15, 0.2) is 28.7 Å². The number of carbonyl (C=O) groups excluding carboxylic acids is 3. The molecule has 2 rings (SSSR count). The number of alkyl halides is 2. The van der Waals surface area contributed by atoms with Crippen LogP contribution >= 0.6 is 15.9 Å². The van der Waals surface area contributed by atoms with Crippen molar-refractivity contribution in [1.82, 2.24) is 10.2 Å². The molecule has 0 saturated carbocycles. The van der Waals surface area contributed by atoms with Crippen LogP contribution in [0.4, 0.5) is 13.6 Å². The highest BCUT2D eigenvalue weighted by molar-refractivity contribution is 9.10. The number of nitrogens with one attached hydrogen (secondary N) is 1. The van der Waals surface area contributed by atoms with E-state index < -0.39 is 36.7 Å². The van der Waals surface area contributed by atoms with Crippen LogP contribution in [-0.2, 0) is 9.59 Å². The Balaban J connectivity index is 2.34. The van der Waals surface area contributed by atoms with E-state index in [1.54, 1.807) is 12.1 Å². The zero-order valence-electron chi connectivity index (χ0n) is 9.98. The molecular formula is C12H9BrF2N2O3. The number of urea groups is 1. The number of barbiturate groups is 1. The highest BCUT2D eigenvalue weighted by atomic mass is 79.9. The Kier molecular flexibility index (Phi) is 4.12. The Morgan fingerprint density at radius 1 is 1.30 bits per heavy atom. The Morgan fingerprint density at radius 3 is 2.60 bits per heavy atom. The third-order valence-electron chi connectivity index (χ3n) is 2.75. The maximum Gasteiger partial charge on any atom is 0.330 e. The molecule has 8 heteroatoms. The third kappa shape index (κ3) is 2.84. The van der Waals surface area contributed by atoms with Gasteiger partial charge in [-0.2, -0.15) is 0 Å². The summed E-state index contributed by atoms with van der Waals surface area (Å²) in [6.45, 7) is -1.04. The standard InChI is InChI=1S/C12H9BrF2N2O3/c13-7-3-1-2-6(4-7)9-10(18)16-12(20)17(11(9)19)5-8(14)15/h1-4,8-9H,5H2,(H,16,18,20). The molecule has 4 amide bonds. The van der Waals surface area contributed by atoms with E-state index >= 15 is 0 Å². The number of imide groups is 2. The van der Waals surface area contributed by atoms with Gasteiger partial charge in [-0.15, -0.1) is 0 Å². The molecule has 1 aromatic carbocycles. The number of nitrogens with zero attached hydrogens (tertiary/aromatic N) is 1. The lowest BCUT2D eigenvalue weighted by molar-refractivity contribution is -0.140. The molecule has 20 heavy (non-hydrogen) atoms. The van der Waals surface area contributed by atoms with Crippen molar-refractivity contribution >= 4 is 33.8 Å². The summed E-state index contributed by atoms with van der Waals surface area (Å²) in [5, 5.41) is 1.91. The number of hydrogen-bond donors (Lipinski definition) is 1. The van der Waals surface area contributed by atoms with E-state index in [-0.39, 0.29) is 0 Å². The van der Waals surface area contributed by atoms with Crippen molar-refractivity contribution in [2.75, 3.05) is 6.54 Å². The monoisotopic (exact) mass is 346 g/mol. The van der Waals surface area contributed by atoms with Gasteiger partial charge in [0.2, 0.25) is 11.8 Å². The first kappa shape index (κ1) is 14.6. The van der Waals surface area contributed by atoms with Crippen molar-refractivity contribution in [2.45, 2.75) is 12.3 Å². The van der Waals surface area contributed by atoms with Gasteiger partial charge in [0.15, 0.2) is 0 Å². The Morgan fingerprint density at radius 2 is 2.00 bits per heavy atom. The second kappa shape index (κ2) is 5.66. The molecule has 0 radical (unpaired) electrons. The number of amides is 4. The van der Waals surface area contributed by atoms with E-state index in [2.05, 4.69) is 15.9 Å². The first-order valence-electron chi connectivity index (χ1n) is 5.60. The fourth-order valence-electron chi connectivity index (χ4n) is 1.90. The fraction of sp³-hybridized carbons (Fsp3) is 0.250. The van der Waals surface area contributed by atoms with Crippen LogP contribution in [0.1, 0.15) is 11.5 Å². The first-order chi connectivity index (χ1) is 9.40. The van der Waals surface area contributed by atoms with Crippen molar-refractivity contribution in [1.29, 1.82) is 0 Å². The number of benzene rings is 1. The molecule has 1 fully saturated rings. The summed E-state index contributed by atoms with van der Waals surface area (Å²) in [6.07, 6.45) is -2.86. The summed E-state index contributed by atoms with van der Waals surface area (Å²) in [5.41, 5.74) is 0.327. The summed E-state index contributed by atoms with van der Waals surface area (Å²) in [6, 6.07) is 5.22. The zero-order valence-corrected chi connectivity index (χ0v) is 11.6. The average molecular weight is 347 g/mol. The van der Waals surface area contributed by atoms with E-state index in [4.69, 9.17) is 0 Å². The molecule has 1 unspecified atom stereocenters. The molecule has 1 saturated heterocycles. The van der Waals surface area contributed by atoms with Crippen molar-refractivity contribution in [2.24, 2.45) is 0 Å². The molecule has 5 nitrogen and oxygen atoms in total. The van der Waals surface area contributed by atoms with Crippen LogP contribution in [0.25, 0.3) is 0 Å². The lowest BCUT2D eigenvalue weighted by atomic mass is 9.95. The van der Waals surface area contributed by atoms with Crippen LogP contribution < -0.4 is 5.32 Å². The molecule has 1 heterocycles. The average Bonchev–Trinajstić information content (AvgIpc) is 2.34. The summed E-state index contributed by atoms with van der Waals surface area (Å²) < 4.78 is 25.4. The molecule has 0 aliphatic carbocycles. The van der Waals surface area contributed by atoms with Crippen molar-refractivity contribution in [3.63, 3.8) is 0 Å². The normalized spacial score (nSPS) is 19.5. The van der Waals surface area contributed by atoms with Crippen molar-refractivity contribution in [3.05, 3.63) is 34.3 Å². The predicted molar refractivity (Wildman–Crippen MR) is 68.1 cm³/mol. The topological polar surface area (TPSA) is 66.5 Å². The minimum atomic E-state index is -2.86. The molecule has 1 atom stereocenters. The maximum atomic E-state index is 12.4. The smallest absolute Gasteiger partial charge is 0.277 e. The molecule has 106 valence electrons. The number of halogens is 3. The minimum Gasteiger partial charge on any atom is -0.277 e. The second-order valence-electron chi connectivity index (χ2n) is 4.12. The van der Waals surface area contributed by atoms with Gasteiger partial charge in [0, 0.05) is 4.47 Å². The van der Waals surface area contributed by atoms with Gasteiger partial charge in [-0.05, 0) is 17.7 Å². The highest BCUT2D eigenvalue weighted by Crippen LogP contribution is 2.25. The van der Waals surface area contributed by atoms with Crippen LogP contribution in [0.3, 0.4) is 0 Å². The van der Waals surface area contributed by atoms with Crippen molar-refractivity contribution in [3.8, 4) is 0 Å². The summed E-state index contributed by atoms with van der Waals surface area (Å²) >= 11 is 3.19. The lowest BCUT2D eigenvalue weighted by Crippen LogP contribution is -2.57. The summed E-state index contributed by atoms with van der Waals surface area (Å²) in [4.78, 5) is 35.6. The Bertz CT molecular complexity index is 580. The zero-order chi connectivity index (χ0) is 14.9. The molecule has 0 aromatic heterocycles. The molecule has 1 aromatic rings. The quantitative estimate of drug-likeness (QED) is 0.849. The largest absolute Gasteiger partial charge is 0.330 e. The van der Waals surface area contributed by atoms with E-state index in [0.29, 0.717) is 14.9 Å². The van der Waals surface area contributed by atoms with Gasteiger partial charge >= 0.3 is 6.03 Å². The third-order valence-corrected chi connectivity index (χ3v) is 3.25. The lowest BCUT2D eigenvalue weighted by Gasteiger charge is -2.30. The Hall–Kier alpha value is -1.83. The molecule has 0 bridgehead atoms. The molecule has 1 N–H and O–H groups in total. The minimum absolute atomic E-state index is 0.327. The van der Waals surface area contributed by atoms with Gasteiger partial charge in [0.05, 0.1) is 6.54 Å². The van der Waals surface area contributed by atoms with E-state index in [1.165, 1.54) is 12.1 Å².